The lowest BCUT2D eigenvalue weighted by atomic mass is 10.1. The summed E-state index contributed by atoms with van der Waals surface area (Å²) in [7, 11) is 0. The summed E-state index contributed by atoms with van der Waals surface area (Å²) in [4.78, 5) is 18.5. The Kier molecular flexibility index (Phi) is 6.55. The van der Waals surface area contributed by atoms with Gasteiger partial charge >= 0.3 is 0 Å². The third-order valence-corrected chi connectivity index (χ3v) is 4.22. The summed E-state index contributed by atoms with van der Waals surface area (Å²) in [5.41, 5.74) is 9.10. The van der Waals surface area contributed by atoms with Gasteiger partial charge in [0.05, 0.1) is 12.4 Å². The van der Waals surface area contributed by atoms with Crippen LogP contribution in [0.25, 0.3) is 0 Å². The van der Waals surface area contributed by atoms with E-state index in [1.54, 1.807) is 13.1 Å². The Hall–Kier alpha value is -2.14. The van der Waals surface area contributed by atoms with Crippen molar-refractivity contribution in [3.05, 3.63) is 48.0 Å². The van der Waals surface area contributed by atoms with Gasteiger partial charge in [-0.05, 0) is 51.2 Å². The number of para-hydroxylation sites is 1. The lowest BCUT2D eigenvalue weighted by Crippen LogP contribution is -2.43. The SMILES string of the molecule is Cc1cccc(C)c1N(CCCCCn1ccnc1)C(=O)C(C)N. The monoisotopic (exact) mass is 328 g/mol. The van der Waals surface area contributed by atoms with Crippen LogP contribution in [-0.4, -0.2) is 28.0 Å². The summed E-state index contributed by atoms with van der Waals surface area (Å²) >= 11 is 0. The summed E-state index contributed by atoms with van der Waals surface area (Å²) in [6, 6.07) is 5.62. The van der Waals surface area contributed by atoms with Gasteiger partial charge in [0.15, 0.2) is 0 Å². The van der Waals surface area contributed by atoms with Gasteiger partial charge in [-0.2, -0.15) is 0 Å². The Morgan fingerprint density at radius 1 is 1.25 bits per heavy atom. The minimum absolute atomic E-state index is 0.0120. The van der Waals surface area contributed by atoms with E-state index < -0.39 is 6.04 Å². The Labute approximate surface area is 144 Å². The van der Waals surface area contributed by atoms with E-state index >= 15 is 0 Å². The maximum Gasteiger partial charge on any atom is 0.243 e. The lowest BCUT2D eigenvalue weighted by Gasteiger charge is -2.28. The summed E-state index contributed by atoms with van der Waals surface area (Å²) in [5.74, 6) is -0.0120. The van der Waals surface area contributed by atoms with Crippen molar-refractivity contribution in [2.45, 2.75) is 52.6 Å². The zero-order valence-electron chi connectivity index (χ0n) is 14.9. The van der Waals surface area contributed by atoms with Gasteiger partial charge in [-0.3, -0.25) is 4.79 Å². The molecule has 24 heavy (non-hydrogen) atoms. The van der Waals surface area contributed by atoms with E-state index in [1.807, 2.05) is 49.5 Å². The van der Waals surface area contributed by atoms with Crippen LogP contribution in [0.15, 0.2) is 36.9 Å². The molecule has 5 heteroatoms. The van der Waals surface area contributed by atoms with Crippen molar-refractivity contribution in [3.8, 4) is 0 Å². The number of nitrogens with zero attached hydrogens (tertiary/aromatic N) is 3. The molecule has 2 rings (SSSR count). The fraction of sp³-hybridized carbons (Fsp3) is 0.474. The summed E-state index contributed by atoms with van der Waals surface area (Å²) in [6.07, 6.45) is 8.70. The number of hydrogen-bond donors (Lipinski definition) is 1. The van der Waals surface area contributed by atoms with Gasteiger partial charge in [-0.15, -0.1) is 0 Å². The van der Waals surface area contributed by atoms with Crippen molar-refractivity contribution in [1.29, 1.82) is 0 Å². The van der Waals surface area contributed by atoms with Gasteiger partial charge in [-0.1, -0.05) is 18.2 Å². The van der Waals surface area contributed by atoms with Crippen molar-refractivity contribution in [1.82, 2.24) is 9.55 Å². The molecular formula is C19H28N4O. The molecule has 1 unspecified atom stereocenters. The largest absolute Gasteiger partial charge is 0.337 e. The second kappa shape index (κ2) is 8.64. The average molecular weight is 328 g/mol. The number of imidazole rings is 1. The van der Waals surface area contributed by atoms with Gasteiger partial charge in [0.2, 0.25) is 5.91 Å². The van der Waals surface area contributed by atoms with Crippen LogP contribution < -0.4 is 10.6 Å². The number of nitrogens with two attached hydrogens (primary N) is 1. The molecule has 1 aromatic heterocycles. The molecule has 1 aromatic carbocycles. The van der Waals surface area contributed by atoms with Gasteiger partial charge in [0.1, 0.15) is 0 Å². The maximum atomic E-state index is 12.6. The molecule has 0 saturated carbocycles. The number of aryl methyl sites for hydroxylation is 3. The number of amides is 1. The Morgan fingerprint density at radius 3 is 2.54 bits per heavy atom. The minimum atomic E-state index is -0.491. The molecule has 0 aliphatic rings. The molecule has 0 saturated heterocycles. The van der Waals surface area contributed by atoms with Gasteiger partial charge < -0.3 is 15.2 Å². The van der Waals surface area contributed by atoms with E-state index in [1.165, 1.54) is 0 Å². The lowest BCUT2D eigenvalue weighted by molar-refractivity contribution is -0.119. The Balaban J connectivity index is 1.98. The highest BCUT2D eigenvalue weighted by atomic mass is 16.2. The highest BCUT2D eigenvalue weighted by Gasteiger charge is 2.21. The molecule has 5 nitrogen and oxygen atoms in total. The van der Waals surface area contributed by atoms with Crippen LogP contribution in [0.4, 0.5) is 5.69 Å². The van der Waals surface area contributed by atoms with Crippen LogP contribution in [0.1, 0.15) is 37.3 Å². The van der Waals surface area contributed by atoms with E-state index in [9.17, 15) is 4.79 Å². The first kappa shape index (κ1) is 18.2. The number of carbonyl (C=O) groups is 1. The molecule has 0 radical (unpaired) electrons. The molecule has 0 aliphatic heterocycles. The number of rotatable bonds is 8. The first-order valence-corrected chi connectivity index (χ1v) is 8.59. The number of anilines is 1. The standard InChI is InChI=1S/C19H28N4O/c1-15-8-7-9-16(2)18(15)23(19(24)17(3)20)12-6-4-5-11-22-13-10-21-14-22/h7-10,13-14,17H,4-6,11-12,20H2,1-3H3. The van der Waals surface area contributed by atoms with Crippen LogP contribution in [0, 0.1) is 13.8 Å². The average Bonchev–Trinajstić information content (AvgIpc) is 3.05. The second-order valence-corrected chi connectivity index (χ2v) is 6.38. The smallest absolute Gasteiger partial charge is 0.243 e. The molecule has 2 aromatic rings. The fourth-order valence-corrected chi connectivity index (χ4v) is 2.97. The van der Waals surface area contributed by atoms with Crippen LogP contribution in [0.5, 0.6) is 0 Å². The third kappa shape index (κ3) is 4.68. The van der Waals surface area contributed by atoms with Crippen LogP contribution in [0.3, 0.4) is 0 Å². The Morgan fingerprint density at radius 2 is 1.96 bits per heavy atom. The third-order valence-electron chi connectivity index (χ3n) is 4.22. The highest BCUT2D eigenvalue weighted by molar-refractivity contribution is 5.98. The number of benzene rings is 1. The van der Waals surface area contributed by atoms with Gasteiger partial charge in [-0.25, -0.2) is 4.98 Å². The molecule has 0 aliphatic carbocycles. The van der Waals surface area contributed by atoms with E-state index in [-0.39, 0.29) is 5.91 Å². The molecule has 0 fully saturated rings. The predicted octanol–water partition coefficient (Wildman–Crippen LogP) is 3.05. The fourth-order valence-electron chi connectivity index (χ4n) is 2.97. The van der Waals surface area contributed by atoms with Crippen LogP contribution in [0.2, 0.25) is 0 Å². The second-order valence-electron chi connectivity index (χ2n) is 6.38. The molecule has 1 amide bonds. The minimum Gasteiger partial charge on any atom is -0.337 e. The van der Waals surface area contributed by atoms with Crippen molar-refractivity contribution in [2.24, 2.45) is 5.73 Å². The summed E-state index contributed by atoms with van der Waals surface area (Å²) < 4.78 is 2.08. The summed E-state index contributed by atoms with van der Waals surface area (Å²) in [5, 5.41) is 0. The Bertz CT molecular complexity index is 629. The quantitative estimate of drug-likeness (QED) is 0.758. The first-order chi connectivity index (χ1) is 11.5. The molecule has 1 heterocycles. The van der Waals surface area contributed by atoms with Crippen LogP contribution >= 0.6 is 0 Å². The molecule has 0 spiro atoms. The molecule has 0 bridgehead atoms. The predicted molar refractivity (Wildman–Crippen MR) is 98.0 cm³/mol. The van der Waals surface area contributed by atoms with Gasteiger partial charge in [0, 0.05) is 31.2 Å². The van der Waals surface area contributed by atoms with Crippen molar-refractivity contribution < 1.29 is 4.79 Å². The van der Waals surface area contributed by atoms with E-state index in [2.05, 4.69) is 9.55 Å². The van der Waals surface area contributed by atoms with Crippen LogP contribution in [-0.2, 0) is 11.3 Å². The topological polar surface area (TPSA) is 64.2 Å². The first-order valence-electron chi connectivity index (χ1n) is 8.59. The zero-order valence-corrected chi connectivity index (χ0v) is 14.9. The number of carbonyl (C=O) groups excluding carboxylic acids is 1. The van der Waals surface area contributed by atoms with Crippen molar-refractivity contribution in [2.75, 3.05) is 11.4 Å². The molecule has 130 valence electrons. The highest BCUT2D eigenvalue weighted by Crippen LogP contribution is 2.25. The zero-order chi connectivity index (χ0) is 17.5. The number of unbranched alkanes of at least 4 members (excludes halogenated alkanes) is 2. The van der Waals surface area contributed by atoms with E-state index in [0.29, 0.717) is 6.54 Å². The van der Waals surface area contributed by atoms with E-state index in [4.69, 9.17) is 5.73 Å². The van der Waals surface area contributed by atoms with E-state index in [0.717, 1.165) is 42.6 Å². The summed E-state index contributed by atoms with van der Waals surface area (Å²) in [6.45, 7) is 7.51. The number of hydrogen-bond acceptors (Lipinski definition) is 3. The van der Waals surface area contributed by atoms with Crippen molar-refractivity contribution in [3.63, 3.8) is 0 Å². The molecule has 2 N–H and O–H groups in total. The van der Waals surface area contributed by atoms with Crippen molar-refractivity contribution >= 4 is 11.6 Å². The normalized spacial score (nSPS) is 12.2. The molecule has 1 atom stereocenters. The maximum absolute atomic E-state index is 12.6. The number of aromatic nitrogens is 2. The molecular weight excluding hydrogens is 300 g/mol. The van der Waals surface area contributed by atoms with Gasteiger partial charge in [0.25, 0.3) is 0 Å².